The lowest BCUT2D eigenvalue weighted by molar-refractivity contribution is 0.417. The van der Waals surface area contributed by atoms with Crippen molar-refractivity contribution in [3.8, 4) is 22.6 Å². The Labute approximate surface area is 189 Å². The van der Waals surface area contributed by atoms with Crippen LogP contribution in [0.4, 0.5) is 15.9 Å². The van der Waals surface area contributed by atoms with Crippen LogP contribution in [0.5, 0.6) is 5.75 Å². The predicted octanol–water partition coefficient (Wildman–Crippen LogP) is 6.63. The first-order chi connectivity index (χ1) is 15.6. The van der Waals surface area contributed by atoms with Gasteiger partial charge in [0.1, 0.15) is 23.7 Å². The smallest absolute Gasteiger partial charge is 0.150 e. The lowest BCUT2D eigenvalue weighted by Crippen LogP contribution is -2.00. The highest BCUT2D eigenvalue weighted by Gasteiger charge is 2.18. The first-order valence-corrected chi connectivity index (χ1v) is 10.3. The molecule has 0 unspecified atom stereocenters. The number of aromatic nitrogens is 3. The number of hydrogen-bond acceptors (Lipinski definition) is 4. The second-order valence-electron chi connectivity index (χ2n) is 7.15. The maximum Gasteiger partial charge on any atom is 0.150 e. The van der Waals surface area contributed by atoms with Crippen molar-refractivity contribution in [3.63, 3.8) is 0 Å². The van der Waals surface area contributed by atoms with E-state index in [-0.39, 0.29) is 5.82 Å². The van der Waals surface area contributed by atoms with Gasteiger partial charge < -0.3 is 14.6 Å². The molecule has 0 amide bonds. The van der Waals surface area contributed by atoms with Crippen LogP contribution in [0.1, 0.15) is 0 Å². The topological polar surface area (TPSA) is 52.0 Å². The summed E-state index contributed by atoms with van der Waals surface area (Å²) in [7, 11) is 1.59. The van der Waals surface area contributed by atoms with Crippen molar-refractivity contribution in [2.75, 3.05) is 12.4 Å². The van der Waals surface area contributed by atoms with Gasteiger partial charge in [-0.3, -0.25) is 0 Å². The van der Waals surface area contributed by atoms with Gasteiger partial charge in [-0.2, -0.15) is 0 Å². The molecule has 0 fully saturated rings. The third-order valence-electron chi connectivity index (χ3n) is 5.19. The number of nitrogens with zero attached hydrogens (tertiary/aromatic N) is 3. The molecule has 0 atom stereocenters. The van der Waals surface area contributed by atoms with E-state index in [1.807, 2.05) is 47.2 Å². The summed E-state index contributed by atoms with van der Waals surface area (Å²) in [6.07, 6.45) is 3.49. The van der Waals surface area contributed by atoms with E-state index in [0.717, 1.165) is 27.9 Å². The van der Waals surface area contributed by atoms with E-state index in [4.69, 9.17) is 16.3 Å². The highest BCUT2D eigenvalue weighted by Crippen LogP contribution is 2.38. The van der Waals surface area contributed by atoms with Gasteiger partial charge in [-0.05, 0) is 42.0 Å². The summed E-state index contributed by atoms with van der Waals surface area (Å²) in [5, 5.41) is 4.78. The second-order valence-corrected chi connectivity index (χ2v) is 7.58. The van der Waals surface area contributed by atoms with Gasteiger partial charge in [-0.25, -0.2) is 14.4 Å². The van der Waals surface area contributed by atoms with E-state index >= 15 is 0 Å². The first kappa shape index (κ1) is 20.0. The molecule has 2 aromatic heterocycles. The van der Waals surface area contributed by atoms with Crippen LogP contribution in [-0.4, -0.2) is 21.6 Å². The van der Waals surface area contributed by atoms with Gasteiger partial charge in [0.15, 0.2) is 5.65 Å². The molecular formula is C25H18ClFN4O. The quantitative estimate of drug-likeness (QED) is 0.330. The van der Waals surface area contributed by atoms with Crippen LogP contribution in [-0.2, 0) is 0 Å². The molecule has 0 aliphatic rings. The van der Waals surface area contributed by atoms with Crippen molar-refractivity contribution < 1.29 is 9.13 Å². The number of halogens is 2. The third-order valence-corrected chi connectivity index (χ3v) is 5.42. The number of anilines is 2. The number of benzene rings is 3. The molecule has 158 valence electrons. The zero-order valence-corrected chi connectivity index (χ0v) is 17.8. The van der Waals surface area contributed by atoms with Crippen molar-refractivity contribution in [1.29, 1.82) is 0 Å². The molecule has 0 saturated heterocycles. The molecule has 5 rings (SSSR count). The number of nitrogens with one attached hydrogen (secondary N) is 1. The van der Waals surface area contributed by atoms with Crippen LogP contribution < -0.4 is 10.1 Å². The summed E-state index contributed by atoms with van der Waals surface area (Å²) in [5.41, 5.74) is 4.18. The molecule has 1 N–H and O–H groups in total. The van der Waals surface area contributed by atoms with Crippen molar-refractivity contribution in [1.82, 2.24) is 14.5 Å². The van der Waals surface area contributed by atoms with Crippen LogP contribution in [0, 0.1) is 5.82 Å². The maximum absolute atomic E-state index is 13.5. The highest BCUT2D eigenvalue weighted by atomic mass is 35.5. The summed E-state index contributed by atoms with van der Waals surface area (Å²) in [6, 6.07) is 21.7. The Bertz CT molecular complexity index is 1400. The number of fused-ring (bicyclic) bond motifs is 1. The van der Waals surface area contributed by atoms with E-state index in [2.05, 4.69) is 15.3 Å². The molecule has 0 radical (unpaired) electrons. The Morgan fingerprint density at radius 3 is 2.50 bits per heavy atom. The average molecular weight is 445 g/mol. The Hall–Kier alpha value is -3.90. The fourth-order valence-corrected chi connectivity index (χ4v) is 3.85. The van der Waals surface area contributed by atoms with Gasteiger partial charge in [0, 0.05) is 28.5 Å². The molecule has 0 saturated carbocycles. The predicted molar refractivity (Wildman–Crippen MR) is 126 cm³/mol. The molecule has 3 aromatic carbocycles. The van der Waals surface area contributed by atoms with Crippen molar-refractivity contribution in [2.45, 2.75) is 0 Å². The van der Waals surface area contributed by atoms with Crippen molar-refractivity contribution in [3.05, 3.63) is 96.2 Å². The van der Waals surface area contributed by atoms with Crippen molar-refractivity contribution >= 4 is 34.1 Å². The van der Waals surface area contributed by atoms with Crippen LogP contribution in [0.2, 0.25) is 5.02 Å². The Morgan fingerprint density at radius 2 is 1.75 bits per heavy atom. The number of methoxy groups -OCH3 is 1. The lowest BCUT2D eigenvalue weighted by Gasteiger charge is -2.12. The molecular weight excluding hydrogens is 427 g/mol. The molecule has 32 heavy (non-hydrogen) atoms. The fourth-order valence-electron chi connectivity index (χ4n) is 3.69. The standard InChI is InChI=1S/C25H18ClFN4O/c1-32-22-13-17(26)7-12-21(22)30-24-23-20(16-5-3-2-4-6-16)14-31(25(23)29-15-28-24)19-10-8-18(27)9-11-19/h2-15H,1H3,(H,28,29,30). The minimum atomic E-state index is -0.291. The third kappa shape index (κ3) is 3.65. The van der Waals surface area contributed by atoms with Gasteiger partial charge in [0.2, 0.25) is 0 Å². The molecule has 0 bridgehead atoms. The fraction of sp³-hybridized carbons (Fsp3) is 0.0400. The molecule has 0 aliphatic carbocycles. The molecule has 0 spiro atoms. The van der Waals surface area contributed by atoms with Gasteiger partial charge in [-0.1, -0.05) is 41.9 Å². The monoisotopic (exact) mass is 444 g/mol. The van der Waals surface area contributed by atoms with Gasteiger partial charge >= 0.3 is 0 Å². The van der Waals surface area contributed by atoms with Gasteiger partial charge in [0.25, 0.3) is 0 Å². The summed E-state index contributed by atoms with van der Waals surface area (Å²) >= 11 is 6.12. The van der Waals surface area contributed by atoms with E-state index in [1.165, 1.54) is 18.5 Å². The lowest BCUT2D eigenvalue weighted by atomic mass is 10.1. The van der Waals surface area contributed by atoms with Gasteiger partial charge in [-0.15, -0.1) is 0 Å². The van der Waals surface area contributed by atoms with E-state index < -0.39 is 0 Å². The largest absolute Gasteiger partial charge is 0.495 e. The molecule has 0 aliphatic heterocycles. The SMILES string of the molecule is COc1cc(Cl)ccc1Nc1ncnc2c1c(-c1ccccc1)cn2-c1ccc(F)cc1. The van der Waals surface area contributed by atoms with E-state index in [1.54, 1.807) is 31.4 Å². The summed E-state index contributed by atoms with van der Waals surface area (Å²) in [5.74, 6) is 0.930. The second kappa shape index (κ2) is 8.32. The molecule has 2 heterocycles. The number of rotatable bonds is 5. The maximum atomic E-state index is 13.5. The summed E-state index contributed by atoms with van der Waals surface area (Å²) in [6.45, 7) is 0. The molecule has 5 nitrogen and oxygen atoms in total. The minimum absolute atomic E-state index is 0.291. The normalized spacial score (nSPS) is 11.0. The number of ether oxygens (including phenoxy) is 1. The highest BCUT2D eigenvalue weighted by molar-refractivity contribution is 6.30. The zero-order valence-electron chi connectivity index (χ0n) is 17.1. The Kier molecular flexibility index (Phi) is 5.21. The number of hydrogen-bond donors (Lipinski definition) is 1. The zero-order chi connectivity index (χ0) is 22.1. The van der Waals surface area contributed by atoms with Crippen LogP contribution >= 0.6 is 11.6 Å². The van der Waals surface area contributed by atoms with Crippen LogP contribution in [0.3, 0.4) is 0 Å². The summed E-state index contributed by atoms with van der Waals surface area (Å²) in [4.78, 5) is 9.07. The van der Waals surface area contributed by atoms with E-state index in [0.29, 0.717) is 22.2 Å². The van der Waals surface area contributed by atoms with Crippen LogP contribution in [0.15, 0.2) is 85.3 Å². The first-order valence-electron chi connectivity index (χ1n) is 9.92. The Morgan fingerprint density at radius 1 is 0.969 bits per heavy atom. The Balaban J connectivity index is 1.74. The minimum Gasteiger partial charge on any atom is -0.495 e. The molecule has 7 heteroatoms. The van der Waals surface area contributed by atoms with E-state index in [9.17, 15) is 4.39 Å². The van der Waals surface area contributed by atoms with Crippen LogP contribution in [0.25, 0.3) is 27.8 Å². The molecule has 5 aromatic rings. The summed E-state index contributed by atoms with van der Waals surface area (Å²) < 4.78 is 20.9. The van der Waals surface area contributed by atoms with Crippen molar-refractivity contribution in [2.24, 2.45) is 0 Å². The van der Waals surface area contributed by atoms with Gasteiger partial charge in [0.05, 0.1) is 18.2 Å². The average Bonchev–Trinajstić information content (AvgIpc) is 3.22.